The number of carboxylic acid groups (broad SMARTS) is 1. The van der Waals surface area contributed by atoms with Gasteiger partial charge in [0, 0.05) is 25.8 Å². The standard InChI is InChI=1S/C14H18BrN3O4/c15-11-8-10(16-18(11)12-2-1-7-22-12)13(19)17-5-3-9(4-6-17)14(20)21/h8-9,12H,1-7H2,(H,20,21). The number of hydrogen-bond acceptors (Lipinski definition) is 4. The Morgan fingerprint density at radius 2 is 2.05 bits per heavy atom. The SMILES string of the molecule is O=C(O)C1CCN(C(=O)c2cc(Br)n(C3CCCO3)n2)CC1. The molecule has 3 rings (SSSR count). The maximum atomic E-state index is 12.5. The molecule has 2 saturated heterocycles. The number of carboxylic acids is 1. The van der Waals surface area contributed by atoms with Gasteiger partial charge < -0.3 is 14.7 Å². The molecule has 1 N–H and O–H groups in total. The summed E-state index contributed by atoms with van der Waals surface area (Å²) in [5.41, 5.74) is 0.371. The van der Waals surface area contributed by atoms with Crippen molar-refractivity contribution < 1.29 is 19.4 Å². The molecule has 0 radical (unpaired) electrons. The van der Waals surface area contributed by atoms with Crippen LogP contribution in [-0.4, -0.2) is 51.4 Å². The van der Waals surface area contributed by atoms with Crippen molar-refractivity contribution in [2.75, 3.05) is 19.7 Å². The van der Waals surface area contributed by atoms with Gasteiger partial charge >= 0.3 is 5.97 Å². The van der Waals surface area contributed by atoms with Gasteiger partial charge in [0.2, 0.25) is 0 Å². The second-order valence-electron chi connectivity index (χ2n) is 5.67. The van der Waals surface area contributed by atoms with E-state index in [1.54, 1.807) is 15.6 Å². The molecular formula is C14H18BrN3O4. The molecule has 1 unspecified atom stereocenters. The van der Waals surface area contributed by atoms with Crippen LogP contribution in [0.15, 0.2) is 10.7 Å². The van der Waals surface area contributed by atoms with Gasteiger partial charge in [-0.2, -0.15) is 5.10 Å². The summed E-state index contributed by atoms with van der Waals surface area (Å²) < 4.78 is 8.00. The molecule has 0 aromatic carbocycles. The first-order valence-electron chi connectivity index (χ1n) is 7.45. The van der Waals surface area contributed by atoms with Crippen LogP contribution in [0.1, 0.15) is 42.4 Å². The van der Waals surface area contributed by atoms with Crippen molar-refractivity contribution in [2.24, 2.45) is 5.92 Å². The number of halogens is 1. The first-order chi connectivity index (χ1) is 10.6. The fraction of sp³-hybridized carbons (Fsp3) is 0.643. The van der Waals surface area contributed by atoms with E-state index in [2.05, 4.69) is 21.0 Å². The van der Waals surface area contributed by atoms with E-state index in [1.165, 1.54) is 0 Å². The van der Waals surface area contributed by atoms with Crippen LogP contribution in [0, 0.1) is 5.92 Å². The second kappa shape index (κ2) is 6.37. The van der Waals surface area contributed by atoms with Gasteiger partial charge in [-0.05, 0) is 41.6 Å². The smallest absolute Gasteiger partial charge is 0.306 e. The molecule has 2 aliphatic rings. The van der Waals surface area contributed by atoms with E-state index in [4.69, 9.17) is 9.84 Å². The molecule has 0 aliphatic carbocycles. The molecule has 2 fully saturated rings. The zero-order chi connectivity index (χ0) is 15.7. The first kappa shape index (κ1) is 15.5. The number of amides is 1. The van der Waals surface area contributed by atoms with Gasteiger partial charge in [-0.15, -0.1) is 0 Å². The summed E-state index contributed by atoms with van der Waals surface area (Å²) in [7, 11) is 0. The predicted octanol–water partition coefficient (Wildman–Crippen LogP) is 1.89. The van der Waals surface area contributed by atoms with E-state index < -0.39 is 5.97 Å². The van der Waals surface area contributed by atoms with Crippen LogP contribution in [0.5, 0.6) is 0 Å². The normalized spacial score (nSPS) is 23.0. The number of nitrogens with zero attached hydrogens (tertiary/aromatic N) is 3. The second-order valence-corrected chi connectivity index (χ2v) is 6.48. The highest BCUT2D eigenvalue weighted by molar-refractivity contribution is 9.10. The lowest BCUT2D eigenvalue weighted by molar-refractivity contribution is -0.143. The highest BCUT2D eigenvalue weighted by atomic mass is 79.9. The lowest BCUT2D eigenvalue weighted by atomic mass is 9.97. The summed E-state index contributed by atoms with van der Waals surface area (Å²) >= 11 is 3.42. The Bertz CT molecular complexity index is 575. The Kier molecular flexibility index (Phi) is 4.49. The number of ether oxygens (including phenoxy) is 1. The number of rotatable bonds is 3. The molecule has 0 spiro atoms. The number of piperidine rings is 1. The van der Waals surface area contributed by atoms with Crippen LogP contribution in [0.2, 0.25) is 0 Å². The summed E-state index contributed by atoms with van der Waals surface area (Å²) in [6.45, 7) is 1.63. The largest absolute Gasteiger partial charge is 0.481 e. The maximum Gasteiger partial charge on any atom is 0.306 e. The van der Waals surface area contributed by atoms with Crippen molar-refractivity contribution in [3.63, 3.8) is 0 Å². The summed E-state index contributed by atoms with van der Waals surface area (Å²) in [6, 6.07) is 1.70. The molecule has 22 heavy (non-hydrogen) atoms. The number of likely N-dealkylation sites (tertiary alicyclic amines) is 1. The minimum absolute atomic E-state index is 0.117. The highest BCUT2D eigenvalue weighted by Gasteiger charge is 2.30. The zero-order valence-electron chi connectivity index (χ0n) is 12.1. The van der Waals surface area contributed by atoms with Crippen molar-refractivity contribution in [1.29, 1.82) is 0 Å². The molecule has 8 heteroatoms. The molecule has 7 nitrogen and oxygen atoms in total. The minimum Gasteiger partial charge on any atom is -0.481 e. The summed E-state index contributed by atoms with van der Waals surface area (Å²) in [4.78, 5) is 25.1. The van der Waals surface area contributed by atoms with Crippen molar-refractivity contribution in [3.8, 4) is 0 Å². The van der Waals surface area contributed by atoms with Gasteiger partial charge in [-0.1, -0.05) is 0 Å². The molecule has 1 aromatic rings. The molecular weight excluding hydrogens is 354 g/mol. The molecule has 2 aliphatic heterocycles. The van der Waals surface area contributed by atoms with E-state index in [0.29, 0.717) is 38.2 Å². The van der Waals surface area contributed by atoms with Crippen molar-refractivity contribution in [1.82, 2.24) is 14.7 Å². The van der Waals surface area contributed by atoms with Gasteiger partial charge in [0.25, 0.3) is 5.91 Å². The van der Waals surface area contributed by atoms with Crippen LogP contribution >= 0.6 is 15.9 Å². The van der Waals surface area contributed by atoms with Gasteiger partial charge in [0.1, 0.15) is 4.60 Å². The topological polar surface area (TPSA) is 84.7 Å². The van der Waals surface area contributed by atoms with Gasteiger partial charge in [0.15, 0.2) is 11.9 Å². The van der Waals surface area contributed by atoms with Crippen molar-refractivity contribution in [3.05, 3.63) is 16.4 Å². The van der Waals surface area contributed by atoms with E-state index in [-0.39, 0.29) is 18.1 Å². The van der Waals surface area contributed by atoms with Gasteiger partial charge in [0.05, 0.1) is 5.92 Å². The van der Waals surface area contributed by atoms with Crippen LogP contribution in [-0.2, 0) is 9.53 Å². The average Bonchev–Trinajstić information content (AvgIpc) is 3.15. The number of carbonyl (C=O) groups is 2. The Morgan fingerprint density at radius 3 is 2.64 bits per heavy atom. The molecule has 0 saturated carbocycles. The van der Waals surface area contributed by atoms with E-state index >= 15 is 0 Å². The van der Waals surface area contributed by atoms with E-state index in [0.717, 1.165) is 17.4 Å². The molecule has 1 amide bonds. The fourth-order valence-electron chi connectivity index (χ4n) is 2.92. The Labute approximate surface area is 136 Å². The maximum absolute atomic E-state index is 12.5. The zero-order valence-corrected chi connectivity index (χ0v) is 13.7. The number of carbonyl (C=O) groups excluding carboxylic acids is 1. The average molecular weight is 372 g/mol. The van der Waals surface area contributed by atoms with Crippen LogP contribution in [0.3, 0.4) is 0 Å². The highest BCUT2D eigenvalue weighted by Crippen LogP contribution is 2.27. The lowest BCUT2D eigenvalue weighted by Gasteiger charge is -2.29. The fourth-order valence-corrected chi connectivity index (χ4v) is 3.45. The Balaban J connectivity index is 1.68. The summed E-state index contributed by atoms with van der Waals surface area (Å²) in [5, 5.41) is 13.4. The molecule has 1 atom stereocenters. The first-order valence-corrected chi connectivity index (χ1v) is 8.24. The monoisotopic (exact) mass is 371 g/mol. The number of aliphatic carboxylic acids is 1. The molecule has 3 heterocycles. The Morgan fingerprint density at radius 1 is 1.32 bits per heavy atom. The minimum atomic E-state index is -0.780. The third-order valence-electron chi connectivity index (χ3n) is 4.22. The predicted molar refractivity (Wildman–Crippen MR) is 80.4 cm³/mol. The quantitative estimate of drug-likeness (QED) is 0.876. The molecule has 1 aromatic heterocycles. The number of hydrogen-bond donors (Lipinski definition) is 1. The van der Waals surface area contributed by atoms with Crippen molar-refractivity contribution in [2.45, 2.75) is 31.9 Å². The summed E-state index contributed by atoms with van der Waals surface area (Å²) in [6.07, 6.45) is 2.75. The van der Waals surface area contributed by atoms with Gasteiger partial charge in [-0.3, -0.25) is 9.59 Å². The van der Waals surface area contributed by atoms with Crippen LogP contribution in [0.4, 0.5) is 0 Å². The number of aromatic nitrogens is 2. The van der Waals surface area contributed by atoms with E-state index in [1.807, 2.05) is 0 Å². The van der Waals surface area contributed by atoms with Crippen LogP contribution in [0.25, 0.3) is 0 Å². The lowest BCUT2D eigenvalue weighted by Crippen LogP contribution is -2.40. The third-order valence-corrected chi connectivity index (χ3v) is 4.81. The third kappa shape index (κ3) is 3.03. The molecule has 120 valence electrons. The Hall–Kier alpha value is -1.41. The molecule has 0 bridgehead atoms. The summed E-state index contributed by atoms with van der Waals surface area (Å²) in [5.74, 6) is -1.28. The van der Waals surface area contributed by atoms with Crippen molar-refractivity contribution >= 4 is 27.8 Å². The van der Waals surface area contributed by atoms with E-state index in [9.17, 15) is 9.59 Å². The van der Waals surface area contributed by atoms with Crippen LogP contribution < -0.4 is 0 Å². The van der Waals surface area contributed by atoms with Gasteiger partial charge in [-0.25, -0.2) is 4.68 Å².